The molecule has 0 aliphatic carbocycles. The number of benzene rings is 2. The molecule has 0 radical (unpaired) electrons. The highest BCUT2D eigenvalue weighted by Gasteiger charge is 2.28. The zero-order valence-electron chi connectivity index (χ0n) is 22.7. The summed E-state index contributed by atoms with van der Waals surface area (Å²) in [5.41, 5.74) is 2.57. The fourth-order valence-electron chi connectivity index (χ4n) is 4.11. The van der Waals surface area contributed by atoms with Gasteiger partial charge in [0.05, 0.1) is 19.1 Å². The Labute approximate surface area is 222 Å². The molecule has 37 heavy (non-hydrogen) atoms. The van der Waals surface area contributed by atoms with Gasteiger partial charge in [-0.2, -0.15) is 0 Å². The third-order valence-electron chi connectivity index (χ3n) is 6.23. The molecule has 0 aliphatic heterocycles. The van der Waals surface area contributed by atoms with Crippen molar-refractivity contribution in [3.63, 3.8) is 0 Å². The fraction of sp³-hybridized carbons (Fsp3) is 0.500. The van der Waals surface area contributed by atoms with E-state index < -0.39 is 16.1 Å². The first-order chi connectivity index (χ1) is 17.6. The summed E-state index contributed by atoms with van der Waals surface area (Å²) < 4.78 is 31.6. The van der Waals surface area contributed by atoms with Crippen LogP contribution >= 0.6 is 0 Å². The number of nitrogens with one attached hydrogen (secondary N) is 1. The highest BCUT2D eigenvalue weighted by molar-refractivity contribution is 7.92. The average Bonchev–Trinajstić information content (AvgIpc) is 2.89. The fourth-order valence-corrected chi connectivity index (χ4v) is 5.08. The summed E-state index contributed by atoms with van der Waals surface area (Å²) in [6.45, 7) is 6.89. The molecule has 0 spiro atoms. The minimum absolute atomic E-state index is 0.118. The number of anilines is 1. The van der Waals surface area contributed by atoms with E-state index in [0.717, 1.165) is 24.0 Å². The van der Waals surface area contributed by atoms with Gasteiger partial charge >= 0.3 is 0 Å². The second-order valence-electron chi connectivity index (χ2n) is 9.04. The topological polar surface area (TPSA) is 96.0 Å². The molecule has 8 nitrogen and oxygen atoms in total. The molecule has 9 heteroatoms. The van der Waals surface area contributed by atoms with Crippen LogP contribution in [0.5, 0.6) is 5.75 Å². The quantitative estimate of drug-likeness (QED) is 0.373. The number of amides is 2. The minimum atomic E-state index is -3.52. The standard InChI is InChI=1S/C28H41N3O5S/c1-6-19-29-28(33)26(8-3)30(21-23-13-17-25(36-4)18-14-23)27(32)10-9-20-31(37(5,34)35)24-15-11-22(7-2)12-16-24/h11-18,26H,6-10,19-21H2,1-5H3,(H,29,33)/t26-/m1/s1. The molecule has 2 rings (SSSR count). The van der Waals surface area contributed by atoms with E-state index in [1.165, 1.54) is 10.6 Å². The van der Waals surface area contributed by atoms with Crippen molar-refractivity contribution in [1.29, 1.82) is 0 Å². The Morgan fingerprint density at radius 3 is 2.11 bits per heavy atom. The first kappa shape index (κ1) is 30.2. The van der Waals surface area contributed by atoms with Gasteiger partial charge in [0.15, 0.2) is 0 Å². The van der Waals surface area contributed by atoms with Crippen LogP contribution in [0.4, 0.5) is 5.69 Å². The van der Waals surface area contributed by atoms with Gasteiger partial charge < -0.3 is 15.0 Å². The van der Waals surface area contributed by atoms with Crippen molar-refractivity contribution in [1.82, 2.24) is 10.2 Å². The van der Waals surface area contributed by atoms with Crippen LogP contribution in [0.3, 0.4) is 0 Å². The van der Waals surface area contributed by atoms with Gasteiger partial charge in [0.25, 0.3) is 0 Å². The summed E-state index contributed by atoms with van der Waals surface area (Å²) in [6, 6.07) is 14.2. The van der Waals surface area contributed by atoms with E-state index >= 15 is 0 Å². The first-order valence-electron chi connectivity index (χ1n) is 12.9. The van der Waals surface area contributed by atoms with Crippen molar-refractivity contribution >= 4 is 27.5 Å². The highest BCUT2D eigenvalue weighted by atomic mass is 32.2. The van der Waals surface area contributed by atoms with Gasteiger partial charge in [-0.25, -0.2) is 8.42 Å². The zero-order valence-corrected chi connectivity index (χ0v) is 23.5. The maximum atomic E-state index is 13.5. The lowest BCUT2D eigenvalue weighted by Crippen LogP contribution is -2.49. The number of carbonyl (C=O) groups excluding carboxylic acids is 2. The molecule has 1 atom stereocenters. The Bertz CT molecular complexity index is 1100. The lowest BCUT2D eigenvalue weighted by molar-refractivity contribution is -0.141. The molecule has 1 N–H and O–H groups in total. The predicted molar refractivity (Wildman–Crippen MR) is 148 cm³/mol. The van der Waals surface area contributed by atoms with E-state index in [9.17, 15) is 18.0 Å². The number of hydrogen-bond donors (Lipinski definition) is 1. The lowest BCUT2D eigenvalue weighted by Gasteiger charge is -2.31. The van der Waals surface area contributed by atoms with Crippen LogP contribution in [0.1, 0.15) is 57.6 Å². The summed E-state index contributed by atoms with van der Waals surface area (Å²) in [4.78, 5) is 28.0. The third-order valence-corrected chi connectivity index (χ3v) is 7.43. The summed E-state index contributed by atoms with van der Waals surface area (Å²) >= 11 is 0. The molecule has 0 bridgehead atoms. The molecule has 2 aromatic rings. The molecule has 0 saturated heterocycles. The summed E-state index contributed by atoms with van der Waals surface area (Å²) in [6.07, 6.45) is 3.75. The zero-order chi connectivity index (χ0) is 27.4. The van der Waals surface area contributed by atoms with Gasteiger partial charge in [0.2, 0.25) is 21.8 Å². The van der Waals surface area contributed by atoms with E-state index in [1.807, 2.05) is 57.2 Å². The summed E-state index contributed by atoms with van der Waals surface area (Å²) in [7, 11) is -1.93. The van der Waals surface area contributed by atoms with Crippen molar-refractivity contribution in [3.8, 4) is 5.75 Å². The Morgan fingerprint density at radius 2 is 1.59 bits per heavy atom. The second-order valence-corrected chi connectivity index (χ2v) is 11.0. The average molecular weight is 532 g/mol. The number of methoxy groups -OCH3 is 1. The number of aryl methyl sites for hydroxylation is 1. The third kappa shape index (κ3) is 9.07. The number of carbonyl (C=O) groups is 2. The van der Waals surface area contributed by atoms with Crippen LogP contribution in [-0.2, 0) is 32.6 Å². The lowest BCUT2D eigenvalue weighted by atomic mass is 10.1. The van der Waals surface area contributed by atoms with Crippen LogP contribution in [0.15, 0.2) is 48.5 Å². The number of hydrogen-bond acceptors (Lipinski definition) is 5. The van der Waals surface area contributed by atoms with E-state index in [0.29, 0.717) is 30.8 Å². The van der Waals surface area contributed by atoms with Gasteiger partial charge in [0.1, 0.15) is 11.8 Å². The molecule has 0 aliphatic rings. The Balaban J connectivity index is 2.19. The van der Waals surface area contributed by atoms with Crippen LogP contribution in [0.25, 0.3) is 0 Å². The number of rotatable bonds is 15. The minimum Gasteiger partial charge on any atom is -0.497 e. The molecular formula is C28H41N3O5S. The van der Waals surface area contributed by atoms with Gasteiger partial charge in [-0.05, 0) is 61.1 Å². The number of nitrogens with zero attached hydrogens (tertiary/aromatic N) is 2. The molecule has 0 fully saturated rings. The number of ether oxygens (including phenoxy) is 1. The maximum Gasteiger partial charge on any atom is 0.242 e. The molecular weight excluding hydrogens is 490 g/mol. The highest BCUT2D eigenvalue weighted by Crippen LogP contribution is 2.21. The molecule has 204 valence electrons. The molecule has 0 heterocycles. The Hall–Kier alpha value is -3.07. The monoisotopic (exact) mass is 531 g/mol. The normalized spacial score (nSPS) is 12.0. The predicted octanol–water partition coefficient (Wildman–Crippen LogP) is 4.14. The maximum absolute atomic E-state index is 13.5. The molecule has 0 aromatic heterocycles. The Morgan fingerprint density at radius 1 is 0.973 bits per heavy atom. The van der Waals surface area contributed by atoms with Crippen molar-refractivity contribution in [2.45, 2.75) is 65.5 Å². The summed E-state index contributed by atoms with van der Waals surface area (Å²) in [5, 5.41) is 2.91. The van der Waals surface area contributed by atoms with Crippen LogP contribution < -0.4 is 14.4 Å². The largest absolute Gasteiger partial charge is 0.497 e. The van der Waals surface area contributed by atoms with Gasteiger partial charge in [-0.15, -0.1) is 0 Å². The SMILES string of the molecule is CCCNC(=O)[C@@H](CC)N(Cc1ccc(OC)cc1)C(=O)CCCN(c1ccc(CC)cc1)S(C)(=O)=O. The van der Waals surface area contributed by atoms with Crippen LogP contribution in [-0.4, -0.2) is 57.6 Å². The first-order valence-corrected chi connectivity index (χ1v) is 14.8. The molecule has 0 unspecified atom stereocenters. The van der Waals surface area contributed by atoms with Crippen LogP contribution in [0, 0.1) is 0 Å². The van der Waals surface area contributed by atoms with E-state index in [1.54, 1.807) is 24.1 Å². The van der Waals surface area contributed by atoms with Crippen LogP contribution in [0.2, 0.25) is 0 Å². The van der Waals surface area contributed by atoms with Crippen molar-refractivity contribution < 1.29 is 22.7 Å². The van der Waals surface area contributed by atoms with E-state index in [4.69, 9.17) is 4.74 Å². The smallest absolute Gasteiger partial charge is 0.242 e. The molecule has 0 saturated carbocycles. The molecule has 2 aromatic carbocycles. The van der Waals surface area contributed by atoms with Crippen molar-refractivity contribution in [2.24, 2.45) is 0 Å². The van der Waals surface area contributed by atoms with Crippen molar-refractivity contribution in [2.75, 3.05) is 30.8 Å². The number of sulfonamides is 1. The Kier molecular flexibility index (Phi) is 11.9. The summed E-state index contributed by atoms with van der Waals surface area (Å²) in [5.74, 6) is 0.339. The van der Waals surface area contributed by atoms with E-state index in [-0.39, 0.29) is 31.3 Å². The van der Waals surface area contributed by atoms with Gasteiger partial charge in [-0.3, -0.25) is 13.9 Å². The van der Waals surface area contributed by atoms with E-state index in [2.05, 4.69) is 5.32 Å². The van der Waals surface area contributed by atoms with Gasteiger partial charge in [-0.1, -0.05) is 45.0 Å². The van der Waals surface area contributed by atoms with Crippen molar-refractivity contribution in [3.05, 3.63) is 59.7 Å². The molecule has 2 amide bonds. The van der Waals surface area contributed by atoms with Gasteiger partial charge in [0, 0.05) is 26.1 Å². The second kappa shape index (κ2) is 14.6.